The molecule has 2 atom stereocenters. The predicted molar refractivity (Wildman–Crippen MR) is 112 cm³/mol. The third-order valence-electron chi connectivity index (χ3n) is 4.81. The fourth-order valence-electron chi connectivity index (χ4n) is 3.24. The van der Waals surface area contributed by atoms with E-state index in [1.807, 2.05) is 0 Å². The molecule has 2 aromatic rings. The third-order valence-corrected chi connectivity index (χ3v) is 5.51. The van der Waals surface area contributed by atoms with Crippen LogP contribution in [0.1, 0.15) is 32.4 Å². The molecule has 0 radical (unpaired) electrons. The number of hydrogen-bond acceptors (Lipinski definition) is 5. The van der Waals surface area contributed by atoms with Gasteiger partial charge in [-0.3, -0.25) is 9.69 Å². The number of ether oxygens (including phenoxy) is 1. The topological polar surface area (TPSA) is 82.7 Å². The lowest BCUT2D eigenvalue weighted by Crippen LogP contribution is -2.39. The molecule has 0 fully saturated rings. The number of hydrogen-bond donors (Lipinski definition) is 3. The molecule has 28 heavy (non-hydrogen) atoms. The Morgan fingerprint density at radius 3 is 2.79 bits per heavy atom. The molecule has 3 amide bonds. The number of rotatable bonds is 7. The zero-order chi connectivity index (χ0) is 20.1. The van der Waals surface area contributed by atoms with Gasteiger partial charge in [-0.25, -0.2) is 4.79 Å². The van der Waals surface area contributed by atoms with Gasteiger partial charge in [-0.1, -0.05) is 13.8 Å². The molecule has 0 spiro atoms. The van der Waals surface area contributed by atoms with Gasteiger partial charge >= 0.3 is 6.03 Å². The van der Waals surface area contributed by atoms with Crippen molar-refractivity contribution in [1.82, 2.24) is 10.2 Å². The van der Waals surface area contributed by atoms with Gasteiger partial charge in [0.1, 0.15) is 5.75 Å². The van der Waals surface area contributed by atoms with E-state index in [1.54, 1.807) is 36.5 Å². The van der Waals surface area contributed by atoms with Crippen molar-refractivity contribution in [2.75, 3.05) is 30.3 Å². The highest BCUT2D eigenvalue weighted by Gasteiger charge is 2.24. The summed E-state index contributed by atoms with van der Waals surface area (Å²) in [6.07, 6.45) is -0.524. The predicted octanol–water partition coefficient (Wildman–Crippen LogP) is 3.67. The minimum absolute atomic E-state index is 0.129. The lowest BCUT2D eigenvalue weighted by Gasteiger charge is -2.29. The minimum atomic E-state index is -0.524. The molecule has 1 aromatic carbocycles. The number of benzene rings is 1. The number of thiophene rings is 1. The number of fused-ring (bicyclic) bond motifs is 1. The highest BCUT2D eigenvalue weighted by molar-refractivity contribution is 7.08. The molecule has 150 valence electrons. The van der Waals surface area contributed by atoms with Crippen LogP contribution in [-0.4, -0.2) is 42.6 Å². The number of carbonyl (C=O) groups excluding carboxylic acids is 2. The normalized spacial score (nSPS) is 16.7. The van der Waals surface area contributed by atoms with Crippen molar-refractivity contribution in [3.05, 3.63) is 40.6 Å². The molecule has 0 unspecified atom stereocenters. The monoisotopic (exact) mass is 402 g/mol. The van der Waals surface area contributed by atoms with E-state index in [9.17, 15) is 9.59 Å². The molecule has 0 aliphatic carbocycles. The minimum Gasteiger partial charge on any atom is -0.479 e. The van der Waals surface area contributed by atoms with Gasteiger partial charge in [0.2, 0.25) is 0 Å². The van der Waals surface area contributed by atoms with Gasteiger partial charge in [0.15, 0.2) is 6.10 Å². The second kappa shape index (κ2) is 9.07. The van der Waals surface area contributed by atoms with Gasteiger partial charge < -0.3 is 20.7 Å². The maximum Gasteiger partial charge on any atom is 0.319 e. The summed E-state index contributed by atoms with van der Waals surface area (Å²) in [4.78, 5) is 26.5. The van der Waals surface area contributed by atoms with Gasteiger partial charge in [-0.2, -0.15) is 11.3 Å². The fourth-order valence-corrected chi connectivity index (χ4v) is 3.94. The van der Waals surface area contributed by atoms with Crippen molar-refractivity contribution >= 4 is 34.6 Å². The Hall–Kier alpha value is -2.58. The third kappa shape index (κ3) is 4.63. The molecule has 2 heterocycles. The molecular weight excluding hydrogens is 376 g/mol. The molecule has 0 saturated carbocycles. The van der Waals surface area contributed by atoms with Crippen LogP contribution >= 0.6 is 11.3 Å². The molecule has 0 saturated heterocycles. The summed E-state index contributed by atoms with van der Waals surface area (Å²) in [5.74, 6) is 0.393. The SMILES string of the molecule is CCN(CC)[C@@H](CNC(=O)Nc1ccc2c(c1)NC(=O)[C@@H](C)O2)c1ccsc1. The summed E-state index contributed by atoms with van der Waals surface area (Å²) < 4.78 is 5.53. The zero-order valence-corrected chi connectivity index (χ0v) is 17.1. The average molecular weight is 403 g/mol. The number of nitrogens with zero attached hydrogens (tertiary/aromatic N) is 1. The molecule has 8 heteroatoms. The van der Waals surface area contributed by atoms with E-state index in [1.165, 1.54) is 5.56 Å². The molecule has 1 aliphatic heterocycles. The van der Waals surface area contributed by atoms with Gasteiger partial charge in [-0.05, 0) is 60.6 Å². The second-order valence-corrected chi connectivity index (χ2v) is 7.37. The molecule has 3 rings (SSSR count). The first-order valence-corrected chi connectivity index (χ1v) is 10.4. The van der Waals surface area contributed by atoms with E-state index in [0.29, 0.717) is 23.7 Å². The maximum absolute atomic E-state index is 12.4. The first kappa shape index (κ1) is 20.2. The van der Waals surface area contributed by atoms with Crippen LogP contribution in [-0.2, 0) is 4.79 Å². The highest BCUT2D eigenvalue weighted by atomic mass is 32.1. The van der Waals surface area contributed by atoms with Crippen LogP contribution < -0.4 is 20.7 Å². The van der Waals surface area contributed by atoms with Crippen LogP contribution in [0, 0.1) is 0 Å². The Kier molecular flexibility index (Phi) is 6.53. The summed E-state index contributed by atoms with van der Waals surface area (Å²) in [5.41, 5.74) is 2.35. The van der Waals surface area contributed by atoms with Crippen molar-refractivity contribution in [3.63, 3.8) is 0 Å². The lowest BCUT2D eigenvalue weighted by molar-refractivity contribution is -0.122. The van der Waals surface area contributed by atoms with Crippen LogP contribution in [0.2, 0.25) is 0 Å². The lowest BCUT2D eigenvalue weighted by atomic mass is 10.1. The van der Waals surface area contributed by atoms with Crippen LogP contribution in [0.15, 0.2) is 35.0 Å². The maximum atomic E-state index is 12.4. The van der Waals surface area contributed by atoms with E-state index in [2.05, 4.69) is 51.5 Å². The Morgan fingerprint density at radius 1 is 1.32 bits per heavy atom. The average Bonchev–Trinajstić information content (AvgIpc) is 3.20. The Morgan fingerprint density at radius 2 is 2.11 bits per heavy atom. The van der Waals surface area contributed by atoms with Crippen LogP contribution in [0.25, 0.3) is 0 Å². The summed E-state index contributed by atoms with van der Waals surface area (Å²) in [6, 6.07) is 7.13. The molecule has 1 aromatic heterocycles. The molecule has 1 aliphatic rings. The fraction of sp³-hybridized carbons (Fsp3) is 0.400. The molecule has 3 N–H and O–H groups in total. The van der Waals surface area contributed by atoms with E-state index < -0.39 is 6.10 Å². The number of urea groups is 1. The van der Waals surface area contributed by atoms with Crippen molar-refractivity contribution in [3.8, 4) is 5.75 Å². The van der Waals surface area contributed by atoms with Crippen LogP contribution in [0.5, 0.6) is 5.75 Å². The van der Waals surface area contributed by atoms with Crippen LogP contribution in [0.4, 0.5) is 16.2 Å². The highest BCUT2D eigenvalue weighted by Crippen LogP contribution is 2.32. The summed E-state index contributed by atoms with van der Waals surface area (Å²) in [7, 11) is 0. The summed E-state index contributed by atoms with van der Waals surface area (Å²) >= 11 is 1.66. The van der Waals surface area contributed by atoms with E-state index in [-0.39, 0.29) is 18.0 Å². The number of amides is 3. The standard InChI is InChI=1S/C20H26N4O3S/c1-4-24(5-2)17(14-8-9-28-12-14)11-21-20(26)22-15-6-7-18-16(10-15)23-19(25)13(3)27-18/h6-10,12-13,17H,4-5,11H2,1-3H3,(H,23,25)(H2,21,22,26)/t13-,17+/m1/s1. The number of carbonyl (C=O) groups is 2. The van der Waals surface area contributed by atoms with Crippen molar-refractivity contribution in [2.24, 2.45) is 0 Å². The zero-order valence-electron chi connectivity index (χ0n) is 16.3. The van der Waals surface area contributed by atoms with Gasteiger partial charge in [-0.15, -0.1) is 0 Å². The molecule has 0 bridgehead atoms. The van der Waals surface area contributed by atoms with Crippen molar-refractivity contribution in [2.45, 2.75) is 32.9 Å². The van der Waals surface area contributed by atoms with E-state index in [4.69, 9.17) is 4.74 Å². The second-order valence-electron chi connectivity index (χ2n) is 6.59. The summed E-state index contributed by atoms with van der Waals surface area (Å²) in [6.45, 7) is 8.25. The first-order chi connectivity index (χ1) is 13.5. The quantitative estimate of drug-likeness (QED) is 0.660. The number of anilines is 2. The first-order valence-electron chi connectivity index (χ1n) is 9.44. The Balaban J connectivity index is 1.62. The van der Waals surface area contributed by atoms with E-state index in [0.717, 1.165) is 13.1 Å². The Bertz CT molecular complexity index is 821. The van der Waals surface area contributed by atoms with Gasteiger partial charge in [0.05, 0.1) is 11.7 Å². The smallest absolute Gasteiger partial charge is 0.319 e. The van der Waals surface area contributed by atoms with Crippen molar-refractivity contribution < 1.29 is 14.3 Å². The molecule has 7 nitrogen and oxygen atoms in total. The van der Waals surface area contributed by atoms with Gasteiger partial charge in [0, 0.05) is 12.2 Å². The van der Waals surface area contributed by atoms with Gasteiger partial charge in [0.25, 0.3) is 5.91 Å². The molecular formula is C20H26N4O3S. The largest absolute Gasteiger partial charge is 0.479 e. The van der Waals surface area contributed by atoms with Crippen LogP contribution in [0.3, 0.4) is 0 Å². The Labute approximate surface area is 169 Å². The van der Waals surface area contributed by atoms with E-state index >= 15 is 0 Å². The number of likely N-dealkylation sites (N-methyl/N-ethyl adjacent to an activating group) is 1. The van der Waals surface area contributed by atoms with Crippen molar-refractivity contribution in [1.29, 1.82) is 0 Å². The summed E-state index contributed by atoms with van der Waals surface area (Å²) in [5, 5.41) is 12.7. The number of nitrogens with one attached hydrogen (secondary N) is 3.